The van der Waals surface area contributed by atoms with Gasteiger partial charge < -0.3 is 15.2 Å². The van der Waals surface area contributed by atoms with Crippen LogP contribution < -0.4 is 5.73 Å². The van der Waals surface area contributed by atoms with Crippen LogP contribution in [0.5, 0.6) is 0 Å². The molecule has 3 rings (SSSR count). The second-order valence-corrected chi connectivity index (χ2v) is 7.00. The molecule has 0 amide bonds. The normalized spacial score (nSPS) is 35.0. The van der Waals surface area contributed by atoms with Gasteiger partial charge in [-0.25, -0.2) is 0 Å². The van der Waals surface area contributed by atoms with Crippen molar-refractivity contribution in [3.63, 3.8) is 0 Å². The first-order chi connectivity index (χ1) is 9.69. The summed E-state index contributed by atoms with van der Waals surface area (Å²) in [4.78, 5) is 3.31. The number of nitrogens with two attached hydrogens (primary N) is 1. The van der Waals surface area contributed by atoms with Crippen LogP contribution in [-0.2, 0) is 9.47 Å². The molecule has 2 N–H and O–H groups in total. The Morgan fingerprint density at radius 3 is 2.75 bits per heavy atom. The summed E-state index contributed by atoms with van der Waals surface area (Å²) in [5.41, 5.74) is 5.94. The average Bonchev–Trinajstić information content (AvgIpc) is 2.48. The van der Waals surface area contributed by atoms with Crippen molar-refractivity contribution in [3.8, 4) is 0 Å². The fourth-order valence-electron chi connectivity index (χ4n) is 3.98. The highest BCUT2D eigenvalue weighted by molar-refractivity contribution is 7.80. The molecule has 0 saturated carbocycles. The van der Waals surface area contributed by atoms with Crippen molar-refractivity contribution in [3.05, 3.63) is 0 Å². The summed E-state index contributed by atoms with van der Waals surface area (Å²) in [6.07, 6.45) is 6.78. The molecule has 2 atom stereocenters. The van der Waals surface area contributed by atoms with Crippen LogP contribution in [0.25, 0.3) is 0 Å². The highest BCUT2D eigenvalue weighted by atomic mass is 32.1. The van der Waals surface area contributed by atoms with Crippen molar-refractivity contribution in [1.82, 2.24) is 4.90 Å². The quantitative estimate of drug-likeness (QED) is 0.787. The third kappa shape index (κ3) is 3.16. The minimum absolute atomic E-state index is 0.0807. The van der Waals surface area contributed by atoms with Gasteiger partial charge in [0.05, 0.1) is 10.6 Å². The van der Waals surface area contributed by atoms with Crippen molar-refractivity contribution >= 4 is 17.2 Å². The predicted octanol–water partition coefficient (Wildman–Crippen LogP) is 1.71. The van der Waals surface area contributed by atoms with Gasteiger partial charge in [-0.05, 0) is 45.1 Å². The molecular formula is C15H26N2O2S. The molecule has 5 heteroatoms. The lowest BCUT2D eigenvalue weighted by molar-refractivity contribution is -0.152. The second kappa shape index (κ2) is 6.26. The van der Waals surface area contributed by atoms with Gasteiger partial charge in [0.15, 0.2) is 0 Å². The third-order valence-electron chi connectivity index (χ3n) is 5.24. The molecule has 3 aliphatic rings. The second-order valence-electron chi connectivity index (χ2n) is 6.53. The number of ether oxygens (including phenoxy) is 2. The largest absolute Gasteiger partial charge is 0.393 e. The van der Waals surface area contributed by atoms with Crippen LogP contribution in [0, 0.1) is 5.92 Å². The molecule has 4 nitrogen and oxygen atoms in total. The zero-order valence-electron chi connectivity index (χ0n) is 12.2. The van der Waals surface area contributed by atoms with Gasteiger partial charge in [0, 0.05) is 38.3 Å². The monoisotopic (exact) mass is 298 g/mol. The van der Waals surface area contributed by atoms with Crippen LogP contribution in [0.4, 0.5) is 0 Å². The lowest BCUT2D eigenvalue weighted by atomic mass is 9.82. The van der Waals surface area contributed by atoms with E-state index in [1.165, 1.54) is 13.0 Å². The summed E-state index contributed by atoms with van der Waals surface area (Å²) in [7, 11) is 0. The average molecular weight is 298 g/mol. The summed E-state index contributed by atoms with van der Waals surface area (Å²) in [5, 5.41) is 0. The highest BCUT2D eigenvalue weighted by Gasteiger charge is 2.41. The molecule has 3 saturated heterocycles. The molecule has 3 fully saturated rings. The zero-order chi connectivity index (χ0) is 14.0. The molecule has 3 aliphatic heterocycles. The van der Waals surface area contributed by atoms with Crippen LogP contribution in [0.2, 0.25) is 0 Å². The Morgan fingerprint density at radius 2 is 2.00 bits per heavy atom. The predicted molar refractivity (Wildman–Crippen MR) is 82.8 cm³/mol. The first kappa shape index (κ1) is 14.7. The van der Waals surface area contributed by atoms with E-state index in [9.17, 15) is 0 Å². The molecule has 3 heterocycles. The third-order valence-corrected chi connectivity index (χ3v) is 5.58. The van der Waals surface area contributed by atoms with Crippen LogP contribution >= 0.6 is 12.2 Å². The van der Waals surface area contributed by atoms with Gasteiger partial charge in [-0.3, -0.25) is 4.90 Å². The molecule has 20 heavy (non-hydrogen) atoms. The van der Waals surface area contributed by atoms with Crippen LogP contribution in [-0.4, -0.2) is 54.4 Å². The summed E-state index contributed by atoms with van der Waals surface area (Å²) in [6.45, 7) is 4.83. The number of piperidine rings is 1. The van der Waals surface area contributed by atoms with Gasteiger partial charge in [-0.1, -0.05) is 12.2 Å². The SMILES string of the molecule is NC(=S)C1CCCN(C2CCOC3(CCOCC3)C2)C1. The summed E-state index contributed by atoms with van der Waals surface area (Å²) >= 11 is 5.20. The van der Waals surface area contributed by atoms with Crippen LogP contribution in [0.3, 0.4) is 0 Å². The Bertz CT molecular complexity index is 352. The number of hydrogen-bond donors (Lipinski definition) is 1. The van der Waals surface area contributed by atoms with E-state index >= 15 is 0 Å². The summed E-state index contributed by atoms with van der Waals surface area (Å²) < 4.78 is 11.6. The Labute approximate surface area is 127 Å². The fraction of sp³-hybridized carbons (Fsp3) is 0.933. The first-order valence-electron chi connectivity index (χ1n) is 7.94. The molecular weight excluding hydrogens is 272 g/mol. The standard InChI is InChI=1S/C15H26N2O2S/c16-14(20)12-2-1-6-17(11-12)13-3-7-19-15(10-13)4-8-18-9-5-15/h12-13H,1-11H2,(H2,16,20). The Kier molecular flexibility index (Phi) is 4.60. The lowest BCUT2D eigenvalue weighted by Gasteiger charge is -2.48. The molecule has 0 aromatic rings. The van der Waals surface area contributed by atoms with Crippen molar-refractivity contribution in [2.75, 3.05) is 32.9 Å². The van der Waals surface area contributed by atoms with Gasteiger partial charge in [0.1, 0.15) is 0 Å². The summed E-state index contributed by atoms with van der Waals surface area (Å²) in [5.74, 6) is 0.409. The minimum atomic E-state index is 0.0807. The van der Waals surface area contributed by atoms with Crippen molar-refractivity contribution in [2.45, 2.75) is 50.2 Å². The van der Waals surface area contributed by atoms with Gasteiger partial charge in [0.25, 0.3) is 0 Å². The van der Waals surface area contributed by atoms with Crippen molar-refractivity contribution < 1.29 is 9.47 Å². The number of likely N-dealkylation sites (tertiary alicyclic amines) is 1. The number of thiocarbonyl (C=S) groups is 1. The minimum Gasteiger partial charge on any atom is -0.393 e. The molecule has 1 spiro atoms. The Morgan fingerprint density at radius 1 is 1.20 bits per heavy atom. The molecule has 0 aromatic carbocycles. The van der Waals surface area contributed by atoms with Crippen molar-refractivity contribution in [1.29, 1.82) is 0 Å². The maximum absolute atomic E-state index is 6.14. The molecule has 0 aromatic heterocycles. The van der Waals surface area contributed by atoms with E-state index in [0.29, 0.717) is 16.9 Å². The van der Waals surface area contributed by atoms with Crippen molar-refractivity contribution in [2.24, 2.45) is 11.7 Å². The van der Waals surface area contributed by atoms with E-state index in [-0.39, 0.29) is 5.60 Å². The van der Waals surface area contributed by atoms with Gasteiger partial charge in [0.2, 0.25) is 0 Å². The molecule has 0 bridgehead atoms. The Balaban J connectivity index is 1.62. The van der Waals surface area contributed by atoms with Gasteiger partial charge >= 0.3 is 0 Å². The van der Waals surface area contributed by atoms with Crippen LogP contribution in [0.15, 0.2) is 0 Å². The number of hydrogen-bond acceptors (Lipinski definition) is 4. The van der Waals surface area contributed by atoms with E-state index in [2.05, 4.69) is 4.90 Å². The maximum atomic E-state index is 6.14. The van der Waals surface area contributed by atoms with E-state index in [1.54, 1.807) is 0 Å². The van der Waals surface area contributed by atoms with E-state index in [0.717, 1.165) is 58.5 Å². The maximum Gasteiger partial charge on any atom is 0.0771 e. The number of rotatable bonds is 2. The smallest absolute Gasteiger partial charge is 0.0771 e. The first-order valence-corrected chi connectivity index (χ1v) is 8.34. The Hall–Kier alpha value is -0.230. The molecule has 0 aliphatic carbocycles. The highest BCUT2D eigenvalue weighted by Crippen LogP contribution is 2.37. The lowest BCUT2D eigenvalue weighted by Crippen LogP contribution is -2.53. The van der Waals surface area contributed by atoms with Gasteiger partial charge in [-0.15, -0.1) is 0 Å². The zero-order valence-corrected chi connectivity index (χ0v) is 13.0. The van der Waals surface area contributed by atoms with E-state index < -0.39 is 0 Å². The van der Waals surface area contributed by atoms with Gasteiger partial charge in [-0.2, -0.15) is 0 Å². The van der Waals surface area contributed by atoms with E-state index in [1.807, 2.05) is 0 Å². The van der Waals surface area contributed by atoms with Crippen LogP contribution in [0.1, 0.15) is 38.5 Å². The summed E-state index contributed by atoms with van der Waals surface area (Å²) in [6, 6.07) is 0.638. The molecule has 114 valence electrons. The topological polar surface area (TPSA) is 47.7 Å². The number of nitrogens with zero attached hydrogens (tertiary/aromatic N) is 1. The molecule has 0 radical (unpaired) electrons. The molecule has 2 unspecified atom stereocenters. The van der Waals surface area contributed by atoms with E-state index in [4.69, 9.17) is 27.4 Å². The fourth-order valence-corrected chi connectivity index (χ4v) is 4.17.